The molecule has 1 aliphatic heterocycles. The highest BCUT2D eigenvalue weighted by Crippen LogP contribution is 2.41. The summed E-state index contributed by atoms with van der Waals surface area (Å²) in [6.07, 6.45) is 5.95. The van der Waals surface area contributed by atoms with Crippen LogP contribution in [0.15, 0.2) is 0 Å². The number of nitrogens with zero attached hydrogens (tertiary/aromatic N) is 1. The van der Waals surface area contributed by atoms with Crippen molar-refractivity contribution in [1.29, 1.82) is 0 Å². The lowest BCUT2D eigenvalue weighted by Crippen LogP contribution is -2.48. The summed E-state index contributed by atoms with van der Waals surface area (Å²) in [5.41, 5.74) is 0. The average Bonchev–Trinajstić information content (AvgIpc) is 2.48. The summed E-state index contributed by atoms with van der Waals surface area (Å²) in [6.45, 7) is 8.37. The standard InChI is InChI=1S/C12H23N/c1-4-13-11-6-5-10(7-11)8-12(13)9(2)3/h9-12H,4-8H2,1-3H3. The Labute approximate surface area is 82.5 Å². The maximum atomic E-state index is 2.77. The van der Waals surface area contributed by atoms with Gasteiger partial charge in [-0.25, -0.2) is 0 Å². The van der Waals surface area contributed by atoms with Gasteiger partial charge in [0.2, 0.25) is 0 Å². The molecule has 1 saturated carbocycles. The van der Waals surface area contributed by atoms with Crippen LogP contribution in [0.25, 0.3) is 0 Å². The molecule has 0 amide bonds. The van der Waals surface area contributed by atoms with Crippen molar-refractivity contribution in [2.24, 2.45) is 11.8 Å². The van der Waals surface area contributed by atoms with E-state index in [-0.39, 0.29) is 0 Å². The molecule has 3 unspecified atom stereocenters. The molecule has 0 aromatic rings. The van der Waals surface area contributed by atoms with Crippen LogP contribution in [0, 0.1) is 11.8 Å². The molecule has 3 atom stereocenters. The van der Waals surface area contributed by atoms with Gasteiger partial charge in [-0.15, -0.1) is 0 Å². The van der Waals surface area contributed by atoms with Crippen molar-refractivity contribution in [3.63, 3.8) is 0 Å². The van der Waals surface area contributed by atoms with E-state index in [0.29, 0.717) is 0 Å². The third-order valence-corrected chi connectivity index (χ3v) is 4.12. The number of hydrogen-bond donors (Lipinski definition) is 0. The van der Waals surface area contributed by atoms with Crippen molar-refractivity contribution >= 4 is 0 Å². The van der Waals surface area contributed by atoms with Crippen LogP contribution in [-0.2, 0) is 0 Å². The molecule has 1 heteroatoms. The zero-order valence-electron chi connectivity index (χ0n) is 9.29. The minimum absolute atomic E-state index is 0.850. The topological polar surface area (TPSA) is 3.24 Å². The smallest absolute Gasteiger partial charge is 0.0124 e. The van der Waals surface area contributed by atoms with E-state index in [1.807, 2.05) is 0 Å². The first-order valence-electron chi connectivity index (χ1n) is 5.98. The summed E-state index contributed by atoms with van der Waals surface area (Å²) in [7, 11) is 0. The highest BCUT2D eigenvalue weighted by Gasteiger charge is 2.39. The van der Waals surface area contributed by atoms with E-state index >= 15 is 0 Å². The summed E-state index contributed by atoms with van der Waals surface area (Å²) in [4.78, 5) is 2.77. The molecule has 2 rings (SSSR count). The zero-order chi connectivity index (χ0) is 9.42. The molecule has 1 nitrogen and oxygen atoms in total. The fraction of sp³-hybridized carbons (Fsp3) is 1.00. The van der Waals surface area contributed by atoms with Gasteiger partial charge in [0.05, 0.1) is 0 Å². The van der Waals surface area contributed by atoms with E-state index in [1.165, 1.54) is 32.2 Å². The van der Waals surface area contributed by atoms with Gasteiger partial charge in [0, 0.05) is 12.1 Å². The van der Waals surface area contributed by atoms with E-state index in [9.17, 15) is 0 Å². The van der Waals surface area contributed by atoms with Crippen LogP contribution in [0.3, 0.4) is 0 Å². The highest BCUT2D eigenvalue weighted by molar-refractivity contribution is 4.94. The van der Waals surface area contributed by atoms with Gasteiger partial charge in [-0.1, -0.05) is 20.8 Å². The molecule has 0 aromatic heterocycles. The lowest BCUT2D eigenvalue weighted by atomic mass is 9.86. The van der Waals surface area contributed by atoms with Gasteiger partial charge < -0.3 is 0 Å². The molecule has 0 spiro atoms. The molecule has 13 heavy (non-hydrogen) atoms. The Morgan fingerprint density at radius 3 is 2.62 bits per heavy atom. The monoisotopic (exact) mass is 181 g/mol. The van der Waals surface area contributed by atoms with Crippen LogP contribution in [0.1, 0.15) is 46.5 Å². The predicted molar refractivity (Wildman–Crippen MR) is 56.8 cm³/mol. The maximum absolute atomic E-state index is 2.77. The SMILES string of the molecule is CCN1C2CCC(C2)CC1C(C)C. The number of hydrogen-bond acceptors (Lipinski definition) is 1. The van der Waals surface area contributed by atoms with Crippen molar-refractivity contribution in [1.82, 2.24) is 4.90 Å². The largest absolute Gasteiger partial charge is 0.297 e. The van der Waals surface area contributed by atoms with Crippen LogP contribution < -0.4 is 0 Å². The number of rotatable bonds is 2. The average molecular weight is 181 g/mol. The summed E-state index contributed by atoms with van der Waals surface area (Å²) >= 11 is 0. The second kappa shape index (κ2) is 3.61. The van der Waals surface area contributed by atoms with E-state index in [0.717, 1.165) is 23.9 Å². The molecule has 2 bridgehead atoms. The maximum Gasteiger partial charge on any atom is 0.0124 e. The Kier molecular flexibility index (Phi) is 2.64. The van der Waals surface area contributed by atoms with Gasteiger partial charge in [-0.3, -0.25) is 4.90 Å². The Hall–Kier alpha value is -0.0400. The first-order chi connectivity index (χ1) is 6.22. The van der Waals surface area contributed by atoms with E-state index in [4.69, 9.17) is 0 Å². The molecule has 0 radical (unpaired) electrons. The van der Waals surface area contributed by atoms with Gasteiger partial charge in [-0.05, 0) is 44.1 Å². The van der Waals surface area contributed by atoms with E-state index in [2.05, 4.69) is 25.7 Å². The van der Waals surface area contributed by atoms with Crippen LogP contribution in [0.4, 0.5) is 0 Å². The summed E-state index contributed by atoms with van der Waals surface area (Å²) in [5.74, 6) is 1.92. The second-order valence-electron chi connectivity index (χ2n) is 5.21. The molecule has 2 aliphatic rings. The van der Waals surface area contributed by atoms with Crippen molar-refractivity contribution in [2.45, 2.75) is 58.5 Å². The van der Waals surface area contributed by atoms with Gasteiger partial charge in [0.1, 0.15) is 0 Å². The zero-order valence-corrected chi connectivity index (χ0v) is 9.29. The number of likely N-dealkylation sites (tertiary alicyclic amines) is 1. The van der Waals surface area contributed by atoms with Crippen molar-refractivity contribution in [3.8, 4) is 0 Å². The van der Waals surface area contributed by atoms with Gasteiger partial charge in [0.25, 0.3) is 0 Å². The number of fused-ring (bicyclic) bond motifs is 2. The van der Waals surface area contributed by atoms with Crippen LogP contribution >= 0.6 is 0 Å². The highest BCUT2D eigenvalue weighted by atomic mass is 15.2. The Balaban J connectivity index is 2.09. The van der Waals surface area contributed by atoms with Gasteiger partial charge in [-0.2, -0.15) is 0 Å². The quantitative estimate of drug-likeness (QED) is 0.633. The van der Waals surface area contributed by atoms with E-state index < -0.39 is 0 Å². The predicted octanol–water partition coefficient (Wildman–Crippen LogP) is 2.91. The second-order valence-corrected chi connectivity index (χ2v) is 5.21. The van der Waals surface area contributed by atoms with Crippen molar-refractivity contribution in [2.75, 3.05) is 6.54 Å². The van der Waals surface area contributed by atoms with Gasteiger partial charge in [0.15, 0.2) is 0 Å². The third kappa shape index (κ3) is 1.63. The molecule has 1 saturated heterocycles. The van der Waals surface area contributed by atoms with Crippen LogP contribution in [-0.4, -0.2) is 23.5 Å². The summed E-state index contributed by atoms with van der Waals surface area (Å²) in [6, 6.07) is 1.83. The lowest BCUT2D eigenvalue weighted by Gasteiger charge is -2.42. The molecule has 1 heterocycles. The van der Waals surface area contributed by atoms with Crippen molar-refractivity contribution < 1.29 is 0 Å². The molecule has 76 valence electrons. The fourth-order valence-electron chi connectivity index (χ4n) is 3.46. The summed E-state index contributed by atoms with van der Waals surface area (Å²) < 4.78 is 0. The molecular weight excluding hydrogens is 158 g/mol. The first-order valence-corrected chi connectivity index (χ1v) is 5.98. The minimum Gasteiger partial charge on any atom is -0.297 e. The minimum atomic E-state index is 0.850. The van der Waals surface area contributed by atoms with Crippen LogP contribution in [0.2, 0.25) is 0 Å². The third-order valence-electron chi connectivity index (χ3n) is 4.12. The molecular formula is C12H23N. The summed E-state index contributed by atoms with van der Waals surface area (Å²) in [5, 5.41) is 0. The van der Waals surface area contributed by atoms with Gasteiger partial charge >= 0.3 is 0 Å². The fourth-order valence-corrected chi connectivity index (χ4v) is 3.46. The first kappa shape index (κ1) is 9.51. The van der Waals surface area contributed by atoms with Crippen LogP contribution in [0.5, 0.6) is 0 Å². The van der Waals surface area contributed by atoms with Crippen molar-refractivity contribution in [3.05, 3.63) is 0 Å². The molecule has 1 aliphatic carbocycles. The molecule has 0 aromatic carbocycles. The number of piperidine rings is 1. The molecule has 0 N–H and O–H groups in total. The molecule has 2 fully saturated rings. The Bertz CT molecular complexity index is 176. The Morgan fingerprint density at radius 2 is 2.00 bits per heavy atom. The van der Waals surface area contributed by atoms with E-state index in [1.54, 1.807) is 0 Å². The normalized spacial score (nSPS) is 40.2. The Morgan fingerprint density at radius 1 is 1.23 bits per heavy atom. The lowest BCUT2D eigenvalue weighted by molar-refractivity contribution is 0.0651.